The van der Waals surface area contributed by atoms with Crippen LogP contribution in [0, 0.1) is 17.0 Å². The highest BCUT2D eigenvalue weighted by Gasteiger charge is 2.24. The molecule has 170 valence electrons. The van der Waals surface area contributed by atoms with Gasteiger partial charge in [0.05, 0.1) is 28.7 Å². The molecule has 0 bridgehead atoms. The summed E-state index contributed by atoms with van der Waals surface area (Å²) in [6.07, 6.45) is 0.459. The third kappa shape index (κ3) is 6.98. The molecule has 2 rings (SSSR count). The molecule has 2 aromatic rings. The zero-order chi connectivity index (χ0) is 23.3. The summed E-state index contributed by atoms with van der Waals surface area (Å²) in [4.78, 5) is 11.7. The summed E-state index contributed by atoms with van der Waals surface area (Å²) in [5.41, 5.74) is -0.0397. The van der Waals surface area contributed by atoms with Gasteiger partial charge >= 0.3 is 5.97 Å². The first-order valence-corrected chi connectivity index (χ1v) is 11.3. The summed E-state index contributed by atoms with van der Waals surface area (Å²) < 4.78 is 54.7. The van der Waals surface area contributed by atoms with Crippen LogP contribution in [0.3, 0.4) is 0 Å². The second-order valence-electron chi connectivity index (χ2n) is 8.18. The fraction of sp³-hybridized carbons (Fsp3) is 0.409. The summed E-state index contributed by atoms with van der Waals surface area (Å²) in [6, 6.07) is 5.60. The molecule has 2 atom stereocenters. The van der Waals surface area contributed by atoms with Gasteiger partial charge < -0.3 is 9.47 Å². The monoisotopic (exact) mass is 473 g/mol. The molecule has 31 heavy (non-hydrogen) atoms. The number of hydrogen-bond donors (Lipinski definition) is 1. The lowest BCUT2D eigenvalue weighted by atomic mass is 10.0. The minimum Gasteiger partial charge on any atom is -0.465 e. The fourth-order valence-corrected chi connectivity index (χ4v) is 4.51. The Morgan fingerprint density at radius 3 is 2.48 bits per heavy atom. The van der Waals surface area contributed by atoms with Crippen LogP contribution in [0.1, 0.15) is 56.1 Å². The van der Waals surface area contributed by atoms with Crippen molar-refractivity contribution < 1.29 is 27.3 Å². The Morgan fingerprint density at radius 2 is 1.90 bits per heavy atom. The molecule has 0 fully saturated rings. The number of carbonyl (C=O) groups is 1. The van der Waals surface area contributed by atoms with Crippen LogP contribution in [0.5, 0.6) is 11.5 Å². The first-order valence-electron chi connectivity index (χ1n) is 9.64. The van der Waals surface area contributed by atoms with Crippen LogP contribution in [0.4, 0.5) is 8.78 Å². The Bertz CT molecular complexity index is 979. The van der Waals surface area contributed by atoms with E-state index in [1.54, 1.807) is 0 Å². The highest BCUT2D eigenvalue weighted by Crippen LogP contribution is 2.37. The van der Waals surface area contributed by atoms with Gasteiger partial charge in [-0.2, -0.15) is 0 Å². The number of benzene rings is 2. The molecule has 0 heterocycles. The van der Waals surface area contributed by atoms with E-state index in [1.807, 2.05) is 27.7 Å². The number of methoxy groups -OCH3 is 1. The van der Waals surface area contributed by atoms with E-state index in [4.69, 9.17) is 16.3 Å². The molecule has 0 saturated carbocycles. The maximum atomic E-state index is 15.3. The number of halogens is 3. The van der Waals surface area contributed by atoms with Crippen molar-refractivity contribution in [3.8, 4) is 11.5 Å². The normalized spacial score (nSPS) is 13.5. The number of carbonyl (C=O) groups excluding carboxylic acids is 1. The van der Waals surface area contributed by atoms with Gasteiger partial charge in [-0.15, -0.1) is 0 Å². The number of nitrogens with one attached hydrogen (secondary N) is 1. The van der Waals surface area contributed by atoms with Crippen molar-refractivity contribution in [2.24, 2.45) is 5.41 Å². The minimum absolute atomic E-state index is 0.0317. The molecule has 0 spiro atoms. The third-order valence-corrected chi connectivity index (χ3v) is 6.19. The molecular formula is C22H26ClF2NO4S. The first kappa shape index (κ1) is 25.2. The van der Waals surface area contributed by atoms with Crippen molar-refractivity contribution in [2.75, 3.05) is 12.9 Å². The van der Waals surface area contributed by atoms with Gasteiger partial charge in [0.15, 0.2) is 11.6 Å². The zero-order valence-corrected chi connectivity index (χ0v) is 19.6. The van der Waals surface area contributed by atoms with Crippen molar-refractivity contribution in [2.45, 2.75) is 40.2 Å². The van der Waals surface area contributed by atoms with Crippen molar-refractivity contribution >= 4 is 28.6 Å². The van der Waals surface area contributed by atoms with Gasteiger partial charge in [0.25, 0.3) is 0 Å². The van der Waals surface area contributed by atoms with E-state index in [0.29, 0.717) is 12.2 Å². The van der Waals surface area contributed by atoms with Gasteiger partial charge in [0.2, 0.25) is 0 Å². The van der Waals surface area contributed by atoms with Gasteiger partial charge in [0, 0.05) is 23.4 Å². The summed E-state index contributed by atoms with van der Waals surface area (Å²) in [5, 5.41) is -0.0317. The number of esters is 1. The zero-order valence-electron chi connectivity index (χ0n) is 18.1. The highest BCUT2D eigenvalue weighted by molar-refractivity contribution is 7.83. The van der Waals surface area contributed by atoms with Crippen LogP contribution in [-0.4, -0.2) is 23.0 Å². The minimum atomic E-state index is -1.38. The summed E-state index contributed by atoms with van der Waals surface area (Å²) >= 11 is 6.13. The Hall–Kier alpha value is -2.03. The largest absolute Gasteiger partial charge is 0.465 e. The topological polar surface area (TPSA) is 64.6 Å². The highest BCUT2D eigenvalue weighted by atomic mass is 35.5. The van der Waals surface area contributed by atoms with Gasteiger partial charge in [-0.05, 0) is 30.0 Å². The van der Waals surface area contributed by atoms with Crippen LogP contribution in [0.2, 0.25) is 5.02 Å². The van der Waals surface area contributed by atoms with Gasteiger partial charge in [-0.1, -0.05) is 45.4 Å². The summed E-state index contributed by atoms with van der Waals surface area (Å²) in [7, 11) is -0.220. The molecule has 9 heteroatoms. The Morgan fingerprint density at radius 1 is 1.23 bits per heavy atom. The van der Waals surface area contributed by atoms with Crippen LogP contribution < -0.4 is 9.46 Å². The van der Waals surface area contributed by atoms with Gasteiger partial charge in [-0.3, -0.25) is 0 Å². The molecular weight excluding hydrogens is 448 g/mol. The lowest BCUT2D eigenvalue weighted by Gasteiger charge is -2.23. The molecule has 1 N–H and O–H groups in total. The average Bonchev–Trinajstić information content (AvgIpc) is 2.67. The smallest absolute Gasteiger partial charge is 0.338 e. The Labute approximate surface area is 188 Å². The number of rotatable bonds is 8. The number of ether oxygens (including phenoxy) is 2. The van der Waals surface area contributed by atoms with E-state index in [0.717, 1.165) is 19.2 Å². The predicted octanol–water partition coefficient (Wildman–Crippen LogP) is 5.95. The summed E-state index contributed by atoms with van der Waals surface area (Å²) in [6.45, 7) is 7.72. The second kappa shape index (κ2) is 10.5. The quantitative estimate of drug-likeness (QED) is 0.481. The van der Waals surface area contributed by atoms with E-state index in [1.165, 1.54) is 18.2 Å². The maximum Gasteiger partial charge on any atom is 0.338 e. The molecule has 2 aromatic carbocycles. The van der Waals surface area contributed by atoms with Crippen LogP contribution >= 0.6 is 11.6 Å². The third-order valence-electron chi connectivity index (χ3n) is 4.21. The SMILES string of the molecule is CC[C@H](N[S@@](=O)CC(C)(C)C)c1ccc(Cl)c(Oc2cc(F)cc(C(=O)OC)c2)c1F. The van der Waals surface area contributed by atoms with Gasteiger partial charge in [-0.25, -0.2) is 22.5 Å². The maximum absolute atomic E-state index is 15.3. The van der Waals surface area contributed by atoms with E-state index in [9.17, 15) is 13.4 Å². The fourth-order valence-electron chi connectivity index (χ4n) is 2.85. The van der Waals surface area contributed by atoms with E-state index in [-0.39, 0.29) is 33.1 Å². The lowest BCUT2D eigenvalue weighted by Crippen LogP contribution is -2.30. The Balaban J connectivity index is 2.37. The molecule has 0 aliphatic carbocycles. The van der Waals surface area contributed by atoms with Crippen molar-refractivity contribution in [1.82, 2.24) is 4.72 Å². The molecule has 0 saturated heterocycles. The molecule has 0 aromatic heterocycles. The molecule has 0 aliphatic rings. The predicted molar refractivity (Wildman–Crippen MR) is 118 cm³/mol. The van der Waals surface area contributed by atoms with Crippen molar-refractivity contribution in [3.63, 3.8) is 0 Å². The van der Waals surface area contributed by atoms with Crippen LogP contribution in [0.25, 0.3) is 0 Å². The number of hydrogen-bond acceptors (Lipinski definition) is 4. The molecule has 0 unspecified atom stereocenters. The van der Waals surface area contributed by atoms with E-state index in [2.05, 4.69) is 9.46 Å². The van der Waals surface area contributed by atoms with Gasteiger partial charge in [0.1, 0.15) is 11.6 Å². The molecule has 5 nitrogen and oxygen atoms in total. The van der Waals surface area contributed by atoms with E-state index >= 15 is 4.39 Å². The standard InChI is InChI=1S/C22H26ClF2NO4S/c1-6-18(26-31(28)12-22(2,3)4)16-7-8-17(23)20(19(16)25)30-15-10-13(21(27)29-5)9-14(24)11-15/h7-11,18,26H,6,12H2,1-5H3/t18-,31-/m0/s1. The van der Waals surface area contributed by atoms with Crippen LogP contribution in [0.15, 0.2) is 30.3 Å². The van der Waals surface area contributed by atoms with Crippen molar-refractivity contribution in [3.05, 3.63) is 58.1 Å². The molecule has 0 amide bonds. The molecule has 0 aliphatic heterocycles. The molecule has 0 radical (unpaired) electrons. The van der Waals surface area contributed by atoms with E-state index < -0.39 is 34.6 Å². The Kier molecular flexibility index (Phi) is 8.57. The summed E-state index contributed by atoms with van der Waals surface area (Å²) in [5.74, 6) is -2.32. The first-order chi connectivity index (χ1) is 14.4. The average molecular weight is 474 g/mol. The van der Waals surface area contributed by atoms with Crippen LogP contribution in [-0.2, 0) is 15.7 Å². The lowest BCUT2D eigenvalue weighted by molar-refractivity contribution is 0.0599. The second-order valence-corrected chi connectivity index (χ2v) is 9.80. The van der Waals surface area contributed by atoms with Crippen molar-refractivity contribution in [1.29, 1.82) is 0 Å².